The number of carbonyl (C=O) groups excluding carboxylic acids is 2. The summed E-state index contributed by atoms with van der Waals surface area (Å²) in [6, 6.07) is 10.6. The molecule has 7 heteroatoms. The molecule has 0 N–H and O–H groups in total. The molecule has 0 spiro atoms. The maximum Gasteiger partial charge on any atom is 0.266 e. The van der Waals surface area contributed by atoms with Gasteiger partial charge in [0.05, 0.1) is 27.3 Å². The van der Waals surface area contributed by atoms with Crippen LogP contribution < -0.4 is 4.90 Å². The summed E-state index contributed by atoms with van der Waals surface area (Å²) in [4.78, 5) is 26.8. The van der Waals surface area contributed by atoms with Crippen LogP contribution in [0.2, 0.25) is 5.02 Å². The van der Waals surface area contributed by atoms with Crippen LogP contribution in [0.4, 0.5) is 5.69 Å². The molecule has 178 valence electrons. The van der Waals surface area contributed by atoms with Crippen molar-refractivity contribution in [3.63, 3.8) is 0 Å². The van der Waals surface area contributed by atoms with E-state index in [1.165, 1.54) is 4.90 Å². The zero-order chi connectivity index (χ0) is 24.4. The summed E-state index contributed by atoms with van der Waals surface area (Å²) < 4.78 is 23.6. The van der Waals surface area contributed by atoms with Gasteiger partial charge < -0.3 is 0 Å². The molecule has 1 aliphatic heterocycles. The van der Waals surface area contributed by atoms with Gasteiger partial charge in [0.15, 0.2) is 9.84 Å². The summed E-state index contributed by atoms with van der Waals surface area (Å²) in [5.74, 6) is -0.418. The lowest BCUT2D eigenvalue weighted by molar-refractivity contribution is 0.0926. The fraction of sp³-hybridized carbons (Fsp3) is 0.462. The zero-order valence-electron chi connectivity index (χ0n) is 19.8. The van der Waals surface area contributed by atoms with E-state index in [0.29, 0.717) is 28.3 Å². The van der Waals surface area contributed by atoms with Gasteiger partial charge >= 0.3 is 0 Å². The number of rotatable bonds is 9. The molecule has 33 heavy (non-hydrogen) atoms. The Morgan fingerprint density at radius 3 is 2.15 bits per heavy atom. The lowest BCUT2D eigenvalue weighted by Crippen LogP contribution is -2.30. The Kier molecular flexibility index (Phi) is 7.69. The number of aryl methyl sites for hydroxylation is 2. The molecule has 0 aromatic heterocycles. The van der Waals surface area contributed by atoms with Crippen molar-refractivity contribution >= 4 is 38.9 Å². The van der Waals surface area contributed by atoms with E-state index in [9.17, 15) is 18.0 Å². The van der Waals surface area contributed by atoms with E-state index >= 15 is 0 Å². The number of unbranched alkanes of at least 4 members (excludes halogenated alkanes) is 4. The number of amides is 2. The highest BCUT2D eigenvalue weighted by Gasteiger charge is 2.37. The van der Waals surface area contributed by atoms with E-state index in [2.05, 4.69) is 0 Å². The number of hydrogen-bond donors (Lipinski definition) is 0. The van der Waals surface area contributed by atoms with Crippen LogP contribution in [0.5, 0.6) is 0 Å². The lowest BCUT2D eigenvalue weighted by Gasteiger charge is -2.18. The lowest BCUT2D eigenvalue weighted by atomic mass is 10.0. The van der Waals surface area contributed by atoms with Crippen molar-refractivity contribution in [2.45, 2.75) is 71.0 Å². The average molecular weight is 490 g/mol. The first-order valence-electron chi connectivity index (χ1n) is 11.4. The van der Waals surface area contributed by atoms with Crippen LogP contribution >= 0.6 is 11.6 Å². The van der Waals surface area contributed by atoms with Gasteiger partial charge in [0.1, 0.15) is 0 Å². The fourth-order valence-electron chi connectivity index (χ4n) is 4.01. The number of imide groups is 1. The average Bonchev–Trinajstić information content (AvgIpc) is 2.96. The van der Waals surface area contributed by atoms with E-state index in [0.717, 1.165) is 43.2 Å². The predicted octanol–water partition coefficient (Wildman–Crippen LogP) is 6.16. The number of fused-ring (bicyclic) bond motifs is 1. The van der Waals surface area contributed by atoms with Gasteiger partial charge in [-0.3, -0.25) is 9.59 Å². The second-order valence-corrected chi connectivity index (χ2v) is 13.0. The molecule has 0 radical (unpaired) electrons. The van der Waals surface area contributed by atoms with Gasteiger partial charge in [-0.15, -0.1) is 0 Å². The van der Waals surface area contributed by atoms with Crippen LogP contribution in [0.25, 0.3) is 0 Å². The molecular weight excluding hydrogens is 458 g/mol. The number of halogens is 1. The number of anilines is 1. The number of hydrogen-bond acceptors (Lipinski definition) is 4. The highest BCUT2D eigenvalue weighted by molar-refractivity contribution is 7.92. The standard InChI is InChI=1S/C26H32ClNO4S/c1-18-16-19(10-8-6-5-7-9-15-33(31,32)26(2,3)4)11-14-23(18)28-24(29)21-13-12-20(27)17-22(21)25(28)30/h11-14,16-17H,5-10,15H2,1-4H3. The second kappa shape index (κ2) is 9.98. The summed E-state index contributed by atoms with van der Waals surface area (Å²) in [5, 5.41) is 0.430. The molecular formula is C26H32ClNO4S. The smallest absolute Gasteiger partial charge is 0.266 e. The largest absolute Gasteiger partial charge is 0.268 e. The highest BCUT2D eigenvalue weighted by atomic mass is 35.5. The first kappa shape index (κ1) is 25.4. The molecule has 2 amide bonds. The normalized spacial score (nSPS) is 14.2. The summed E-state index contributed by atoms with van der Waals surface area (Å²) in [5.41, 5.74) is 3.35. The minimum Gasteiger partial charge on any atom is -0.268 e. The summed E-state index contributed by atoms with van der Waals surface area (Å²) >= 11 is 6.00. The van der Waals surface area contributed by atoms with Crippen molar-refractivity contribution < 1.29 is 18.0 Å². The molecule has 0 saturated heterocycles. The van der Waals surface area contributed by atoms with Crippen LogP contribution in [-0.2, 0) is 16.3 Å². The molecule has 0 unspecified atom stereocenters. The van der Waals surface area contributed by atoms with Gasteiger partial charge in [0.25, 0.3) is 11.8 Å². The van der Waals surface area contributed by atoms with Crippen LogP contribution in [0.15, 0.2) is 36.4 Å². The van der Waals surface area contributed by atoms with E-state index in [-0.39, 0.29) is 17.6 Å². The van der Waals surface area contributed by atoms with Crippen LogP contribution in [-0.4, -0.2) is 30.7 Å². The number of carbonyl (C=O) groups is 2. The van der Waals surface area contributed by atoms with Crippen molar-refractivity contribution in [2.75, 3.05) is 10.7 Å². The van der Waals surface area contributed by atoms with Crippen molar-refractivity contribution in [3.05, 3.63) is 63.7 Å². The van der Waals surface area contributed by atoms with Gasteiger partial charge in [0.2, 0.25) is 0 Å². The van der Waals surface area contributed by atoms with Crippen molar-refractivity contribution in [3.8, 4) is 0 Å². The van der Waals surface area contributed by atoms with E-state index in [1.807, 2.05) is 25.1 Å². The Bertz CT molecular complexity index is 1170. The first-order valence-corrected chi connectivity index (χ1v) is 13.5. The zero-order valence-corrected chi connectivity index (χ0v) is 21.4. The highest BCUT2D eigenvalue weighted by Crippen LogP contribution is 2.32. The van der Waals surface area contributed by atoms with E-state index in [1.54, 1.807) is 39.0 Å². The molecule has 0 aliphatic carbocycles. The third kappa shape index (κ3) is 5.67. The Balaban J connectivity index is 1.51. The Labute approximate surface area is 202 Å². The minimum absolute atomic E-state index is 0.251. The second-order valence-electron chi connectivity index (χ2n) is 9.71. The SMILES string of the molecule is Cc1cc(CCCCCCCS(=O)(=O)C(C)(C)C)ccc1N1C(=O)c2ccc(Cl)cc2C1=O. The minimum atomic E-state index is -3.04. The molecule has 2 aromatic carbocycles. The van der Waals surface area contributed by atoms with Gasteiger partial charge in [-0.05, 0) is 82.3 Å². The van der Waals surface area contributed by atoms with Crippen LogP contribution in [0, 0.1) is 6.92 Å². The third-order valence-electron chi connectivity index (χ3n) is 6.16. The summed E-state index contributed by atoms with van der Waals surface area (Å²) in [6.07, 6.45) is 5.58. The molecule has 0 bridgehead atoms. The predicted molar refractivity (Wildman–Crippen MR) is 134 cm³/mol. The molecule has 3 rings (SSSR count). The number of nitrogens with zero attached hydrogens (tertiary/aromatic N) is 1. The number of benzene rings is 2. The maximum absolute atomic E-state index is 12.8. The molecule has 0 saturated carbocycles. The van der Waals surface area contributed by atoms with Crippen LogP contribution in [0.1, 0.15) is 84.7 Å². The molecule has 5 nitrogen and oxygen atoms in total. The third-order valence-corrected chi connectivity index (χ3v) is 9.09. The van der Waals surface area contributed by atoms with Crippen molar-refractivity contribution in [1.29, 1.82) is 0 Å². The summed E-state index contributed by atoms with van der Waals surface area (Å²) in [7, 11) is -3.04. The maximum atomic E-state index is 12.8. The molecule has 2 aromatic rings. The quantitative estimate of drug-likeness (QED) is 0.312. The van der Waals surface area contributed by atoms with E-state index in [4.69, 9.17) is 11.6 Å². The monoisotopic (exact) mass is 489 g/mol. The number of sulfone groups is 1. The van der Waals surface area contributed by atoms with Crippen molar-refractivity contribution in [1.82, 2.24) is 0 Å². The Hall–Kier alpha value is -2.18. The van der Waals surface area contributed by atoms with Gasteiger partial charge in [-0.25, -0.2) is 13.3 Å². The molecule has 1 heterocycles. The summed E-state index contributed by atoms with van der Waals surface area (Å²) in [6.45, 7) is 7.16. The first-order chi connectivity index (χ1) is 15.4. The van der Waals surface area contributed by atoms with Gasteiger partial charge in [0, 0.05) is 5.02 Å². The topological polar surface area (TPSA) is 71.5 Å². The van der Waals surface area contributed by atoms with E-state index < -0.39 is 14.6 Å². The molecule has 1 aliphatic rings. The molecule has 0 fully saturated rings. The Morgan fingerprint density at radius 1 is 0.848 bits per heavy atom. The van der Waals surface area contributed by atoms with Gasteiger partial charge in [-0.2, -0.15) is 0 Å². The van der Waals surface area contributed by atoms with Gasteiger partial charge in [-0.1, -0.05) is 43.0 Å². The van der Waals surface area contributed by atoms with Crippen molar-refractivity contribution in [2.24, 2.45) is 0 Å². The Morgan fingerprint density at radius 2 is 1.48 bits per heavy atom. The fourth-order valence-corrected chi connectivity index (χ4v) is 5.38. The van der Waals surface area contributed by atoms with Crippen LogP contribution in [0.3, 0.4) is 0 Å². The molecule has 0 atom stereocenters.